The van der Waals surface area contributed by atoms with Gasteiger partial charge in [-0.25, -0.2) is 0 Å². The monoisotopic (exact) mass is 834 g/mol. The standard InChI is InChI=1S/C38H62N10O11/c1-7-20(6)31(38(59)46-26(13-19(4)5)34(55)43-24(32(42)53)15-29(40)51)48-37(58)28(17-49)47-36(57)27(16-30(41)52)45-35(56)25(12-18(2)3)44-33(54)23(39)14-21-8-10-22(50)11-9-21/h8-11,18-20,23-28,31,49-50H,7,12-17,39H2,1-6H3,(H2,40,51)(H2,41,52)(H2,42,53)(H,43,55)(H,44,54)(H,45,56)(H,46,59)(H,47,57)(H,48,58). The van der Waals surface area contributed by atoms with E-state index in [1.807, 2.05) is 0 Å². The average molecular weight is 835 g/mol. The van der Waals surface area contributed by atoms with Gasteiger partial charge in [0.2, 0.25) is 53.2 Å². The molecule has 1 aromatic rings. The Kier molecular flexibility index (Phi) is 21.5. The summed E-state index contributed by atoms with van der Waals surface area (Å²) >= 11 is 0. The number of carbonyl (C=O) groups excluding carboxylic acids is 9. The van der Waals surface area contributed by atoms with Crippen LogP contribution >= 0.6 is 0 Å². The van der Waals surface area contributed by atoms with Crippen LogP contribution in [0.15, 0.2) is 24.3 Å². The molecule has 0 aliphatic heterocycles. The van der Waals surface area contributed by atoms with E-state index in [1.54, 1.807) is 53.7 Å². The van der Waals surface area contributed by atoms with E-state index in [4.69, 9.17) is 22.9 Å². The van der Waals surface area contributed by atoms with E-state index in [0.29, 0.717) is 12.0 Å². The molecule has 21 heteroatoms. The topological polar surface area (TPSA) is 370 Å². The van der Waals surface area contributed by atoms with Gasteiger partial charge in [-0.2, -0.15) is 0 Å². The van der Waals surface area contributed by atoms with Crippen LogP contribution in [0.1, 0.15) is 79.2 Å². The summed E-state index contributed by atoms with van der Waals surface area (Å²) in [6, 6.07) is -3.75. The molecule has 0 aromatic heterocycles. The van der Waals surface area contributed by atoms with E-state index in [0.717, 1.165) is 0 Å². The number of benzene rings is 1. The first-order valence-corrected chi connectivity index (χ1v) is 19.3. The van der Waals surface area contributed by atoms with Gasteiger partial charge in [0.1, 0.15) is 42.0 Å². The Labute approximate surface area is 343 Å². The molecule has 9 amide bonds. The van der Waals surface area contributed by atoms with Gasteiger partial charge in [0.05, 0.1) is 25.5 Å². The Morgan fingerprint density at radius 2 is 0.983 bits per heavy atom. The van der Waals surface area contributed by atoms with Crippen LogP contribution in [0.4, 0.5) is 0 Å². The number of aromatic hydroxyl groups is 1. The van der Waals surface area contributed by atoms with Crippen molar-refractivity contribution in [2.45, 2.75) is 122 Å². The molecule has 1 rings (SSSR count). The van der Waals surface area contributed by atoms with Gasteiger partial charge in [-0.15, -0.1) is 0 Å². The quantitative estimate of drug-likeness (QED) is 0.0433. The molecular weight excluding hydrogens is 772 g/mol. The minimum absolute atomic E-state index is 0.0243. The van der Waals surface area contributed by atoms with E-state index >= 15 is 0 Å². The lowest BCUT2D eigenvalue weighted by molar-refractivity contribution is -0.137. The maximum Gasteiger partial charge on any atom is 0.245 e. The molecule has 16 N–H and O–H groups in total. The van der Waals surface area contributed by atoms with E-state index in [-0.39, 0.29) is 36.8 Å². The third-order valence-electron chi connectivity index (χ3n) is 9.12. The van der Waals surface area contributed by atoms with Crippen LogP contribution in [0.5, 0.6) is 5.75 Å². The third kappa shape index (κ3) is 18.5. The Morgan fingerprint density at radius 1 is 0.576 bits per heavy atom. The first kappa shape index (κ1) is 51.2. The zero-order valence-corrected chi connectivity index (χ0v) is 34.4. The van der Waals surface area contributed by atoms with Crippen molar-refractivity contribution in [2.24, 2.45) is 40.7 Å². The van der Waals surface area contributed by atoms with Crippen LogP contribution < -0.4 is 54.8 Å². The smallest absolute Gasteiger partial charge is 0.245 e. The Hall–Kier alpha value is -5.83. The van der Waals surface area contributed by atoms with Crippen LogP contribution in [0, 0.1) is 17.8 Å². The SMILES string of the molecule is CCC(C)C(NC(=O)C(CO)NC(=O)C(CC(N)=O)NC(=O)C(CC(C)C)NC(=O)C(N)Cc1ccc(O)cc1)C(=O)NC(CC(C)C)C(=O)NC(CC(N)=O)C(N)=O. The van der Waals surface area contributed by atoms with Crippen molar-refractivity contribution in [1.29, 1.82) is 0 Å². The maximum atomic E-state index is 13.7. The number of hydrogen-bond acceptors (Lipinski definition) is 12. The summed E-state index contributed by atoms with van der Waals surface area (Å²) in [7, 11) is 0. The molecule has 0 saturated carbocycles. The van der Waals surface area contributed by atoms with E-state index in [1.165, 1.54) is 12.1 Å². The molecule has 8 unspecified atom stereocenters. The zero-order valence-electron chi connectivity index (χ0n) is 34.4. The molecule has 59 heavy (non-hydrogen) atoms. The fraction of sp³-hybridized carbons (Fsp3) is 0.605. The molecule has 0 aliphatic carbocycles. The summed E-state index contributed by atoms with van der Waals surface area (Å²) in [6.45, 7) is 9.41. The second kappa shape index (κ2) is 24.8. The van der Waals surface area contributed by atoms with E-state index in [9.17, 15) is 53.4 Å². The van der Waals surface area contributed by atoms with Crippen molar-refractivity contribution < 1.29 is 53.4 Å². The molecule has 0 bridgehead atoms. The van der Waals surface area contributed by atoms with Crippen molar-refractivity contribution in [3.05, 3.63) is 29.8 Å². The Morgan fingerprint density at radius 3 is 1.42 bits per heavy atom. The molecule has 1 aromatic carbocycles. The van der Waals surface area contributed by atoms with Gasteiger partial charge in [-0.3, -0.25) is 43.2 Å². The fourth-order valence-electron chi connectivity index (χ4n) is 5.73. The van der Waals surface area contributed by atoms with Crippen molar-refractivity contribution in [3.63, 3.8) is 0 Å². The second-order valence-corrected chi connectivity index (χ2v) is 15.3. The lowest BCUT2D eigenvalue weighted by Crippen LogP contribution is -2.62. The molecule has 0 saturated heterocycles. The minimum atomic E-state index is -1.72. The van der Waals surface area contributed by atoms with Crippen molar-refractivity contribution in [2.75, 3.05) is 6.61 Å². The Balaban J connectivity index is 3.21. The van der Waals surface area contributed by atoms with Crippen LogP contribution in [0.2, 0.25) is 0 Å². The van der Waals surface area contributed by atoms with Crippen LogP contribution in [-0.4, -0.2) is 112 Å². The van der Waals surface area contributed by atoms with Gasteiger partial charge in [0.15, 0.2) is 0 Å². The number of rotatable bonds is 26. The lowest BCUT2D eigenvalue weighted by atomic mass is 9.96. The maximum absolute atomic E-state index is 13.7. The number of aliphatic hydroxyl groups is 1. The molecule has 0 fully saturated rings. The van der Waals surface area contributed by atoms with Gasteiger partial charge >= 0.3 is 0 Å². The molecule has 0 radical (unpaired) electrons. The first-order chi connectivity index (χ1) is 27.5. The Bertz CT molecular complexity index is 1640. The lowest BCUT2D eigenvalue weighted by Gasteiger charge is -2.29. The molecule has 21 nitrogen and oxygen atoms in total. The summed E-state index contributed by atoms with van der Waals surface area (Å²) in [5, 5.41) is 34.2. The number of nitrogens with one attached hydrogen (secondary N) is 6. The van der Waals surface area contributed by atoms with Crippen molar-refractivity contribution in [3.8, 4) is 5.75 Å². The first-order valence-electron chi connectivity index (χ1n) is 19.3. The number of phenols is 1. The van der Waals surface area contributed by atoms with Gasteiger partial charge < -0.3 is 65.0 Å². The van der Waals surface area contributed by atoms with E-state index in [2.05, 4.69) is 31.9 Å². The molecule has 0 heterocycles. The highest BCUT2D eigenvalue weighted by molar-refractivity contribution is 5.98. The van der Waals surface area contributed by atoms with Crippen molar-refractivity contribution in [1.82, 2.24) is 31.9 Å². The normalized spacial score (nSPS) is 15.2. The van der Waals surface area contributed by atoms with Gasteiger partial charge in [-0.1, -0.05) is 60.1 Å². The number of nitrogens with two attached hydrogens (primary N) is 4. The summed E-state index contributed by atoms with van der Waals surface area (Å²) in [5.41, 5.74) is 22.6. The van der Waals surface area contributed by atoms with Crippen molar-refractivity contribution >= 4 is 53.2 Å². The second-order valence-electron chi connectivity index (χ2n) is 15.3. The molecular formula is C38H62N10O11. The minimum Gasteiger partial charge on any atom is -0.508 e. The van der Waals surface area contributed by atoms with E-state index < -0.39 is 121 Å². The van der Waals surface area contributed by atoms with Crippen LogP contribution in [0.3, 0.4) is 0 Å². The highest BCUT2D eigenvalue weighted by Gasteiger charge is 2.35. The summed E-state index contributed by atoms with van der Waals surface area (Å²) < 4.78 is 0. The van der Waals surface area contributed by atoms with Crippen LogP contribution in [-0.2, 0) is 49.6 Å². The number of amides is 9. The summed E-state index contributed by atoms with van der Waals surface area (Å²) in [5.74, 6) is -9.21. The average Bonchev–Trinajstić information content (AvgIpc) is 3.14. The number of aliphatic hydroxyl groups excluding tert-OH is 1. The zero-order chi connectivity index (χ0) is 45.1. The number of phenolic OH excluding ortho intramolecular Hbond substituents is 1. The number of primary amides is 3. The highest BCUT2D eigenvalue weighted by atomic mass is 16.3. The number of hydrogen-bond donors (Lipinski definition) is 12. The highest BCUT2D eigenvalue weighted by Crippen LogP contribution is 2.14. The molecule has 330 valence electrons. The number of carbonyl (C=O) groups is 9. The van der Waals surface area contributed by atoms with Crippen LogP contribution in [0.25, 0.3) is 0 Å². The third-order valence-corrected chi connectivity index (χ3v) is 9.12. The fourth-order valence-corrected chi connectivity index (χ4v) is 5.73. The predicted octanol–water partition coefficient (Wildman–Crippen LogP) is -3.46. The molecule has 0 aliphatic rings. The van der Waals surface area contributed by atoms with Gasteiger partial charge in [-0.05, 0) is 54.7 Å². The molecule has 0 spiro atoms. The summed E-state index contributed by atoms with van der Waals surface area (Å²) in [4.78, 5) is 116. The van der Waals surface area contributed by atoms with Gasteiger partial charge in [0, 0.05) is 0 Å². The molecule has 8 atom stereocenters. The summed E-state index contributed by atoms with van der Waals surface area (Å²) in [6.07, 6.45) is -0.762. The largest absolute Gasteiger partial charge is 0.508 e. The predicted molar refractivity (Wildman–Crippen MR) is 214 cm³/mol. The van der Waals surface area contributed by atoms with Gasteiger partial charge in [0.25, 0.3) is 0 Å².